The van der Waals surface area contributed by atoms with E-state index in [9.17, 15) is 18.0 Å². The van der Waals surface area contributed by atoms with Crippen molar-refractivity contribution in [2.45, 2.75) is 44.2 Å². The van der Waals surface area contributed by atoms with E-state index in [0.717, 1.165) is 0 Å². The number of sulfonamides is 1. The van der Waals surface area contributed by atoms with Crippen molar-refractivity contribution in [3.63, 3.8) is 0 Å². The summed E-state index contributed by atoms with van der Waals surface area (Å²) in [4.78, 5) is 25.7. The van der Waals surface area contributed by atoms with E-state index in [1.807, 2.05) is 13.8 Å². The van der Waals surface area contributed by atoms with Crippen LogP contribution >= 0.6 is 0 Å². The molecule has 1 saturated heterocycles. The number of piperidine rings is 1. The third-order valence-corrected chi connectivity index (χ3v) is 7.70. The average molecular weight is 478 g/mol. The summed E-state index contributed by atoms with van der Waals surface area (Å²) >= 11 is 0. The number of benzene rings is 1. The van der Waals surface area contributed by atoms with Gasteiger partial charge >= 0.3 is 0 Å². The number of carbonyl (C=O) groups excluding carboxylic acids is 2. The number of carbonyl (C=O) groups is 2. The van der Waals surface area contributed by atoms with Crippen LogP contribution in [0.3, 0.4) is 0 Å². The van der Waals surface area contributed by atoms with Crippen LogP contribution in [0.15, 0.2) is 52.0 Å². The Labute approximate surface area is 194 Å². The van der Waals surface area contributed by atoms with Crippen molar-refractivity contribution in [1.29, 1.82) is 0 Å². The Morgan fingerprint density at radius 1 is 1.15 bits per heavy atom. The molecule has 180 valence electrons. The van der Waals surface area contributed by atoms with Gasteiger partial charge in [0.15, 0.2) is 0 Å². The SMILES string of the molecule is COc1ccc(S(=O)(=O)N2CCC(C(=O)N[C@H](C(=O)NCc3ccco3)C(C)C)CC2)cc1. The Kier molecular flexibility index (Phi) is 8.15. The monoisotopic (exact) mass is 477 g/mol. The van der Waals surface area contributed by atoms with Gasteiger partial charge in [0.25, 0.3) is 0 Å². The smallest absolute Gasteiger partial charge is 0.243 e. The largest absolute Gasteiger partial charge is 0.497 e. The average Bonchev–Trinajstić information content (AvgIpc) is 3.34. The van der Waals surface area contributed by atoms with Gasteiger partial charge in [-0.05, 0) is 55.2 Å². The predicted molar refractivity (Wildman–Crippen MR) is 122 cm³/mol. The predicted octanol–water partition coefficient (Wildman–Crippen LogP) is 2.15. The van der Waals surface area contributed by atoms with Gasteiger partial charge in [0, 0.05) is 19.0 Å². The summed E-state index contributed by atoms with van der Waals surface area (Å²) < 4.78 is 37.5. The summed E-state index contributed by atoms with van der Waals surface area (Å²) in [6.45, 7) is 4.45. The highest BCUT2D eigenvalue weighted by Crippen LogP contribution is 2.25. The Morgan fingerprint density at radius 2 is 1.82 bits per heavy atom. The van der Waals surface area contributed by atoms with E-state index in [2.05, 4.69) is 10.6 Å². The van der Waals surface area contributed by atoms with Crippen LogP contribution in [-0.2, 0) is 26.2 Å². The Bertz CT molecular complexity index is 1030. The number of hydrogen-bond acceptors (Lipinski definition) is 6. The maximum Gasteiger partial charge on any atom is 0.243 e. The first-order valence-corrected chi connectivity index (χ1v) is 12.4. The lowest BCUT2D eigenvalue weighted by Gasteiger charge is -2.32. The van der Waals surface area contributed by atoms with E-state index in [1.54, 1.807) is 24.3 Å². The van der Waals surface area contributed by atoms with E-state index < -0.39 is 16.1 Å². The lowest BCUT2D eigenvalue weighted by atomic mass is 9.95. The quantitative estimate of drug-likeness (QED) is 0.571. The summed E-state index contributed by atoms with van der Waals surface area (Å²) in [6.07, 6.45) is 2.31. The van der Waals surface area contributed by atoms with Crippen LogP contribution in [0.25, 0.3) is 0 Å². The zero-order chi connectivity index (χ0) is 24.0. The van der Waals surface area contributed by atoms with Crippen LogP contribution < -0.4 is 15.4 Å². The van der Waals surface area contributed by atoms with Crippen molar-refractivity contribution in [3.8, 4) is 5.75 Å². The molecule has 1 aliphatic rings. The van der Waals surface area contributed by atoms with Crippen molar-refractivity contribution in [3.05, 3.63) is 48.4 Å². The molecular formula is C23H31N3O6S. The molecule has 0 aliphatic carbocycles. The number of furan rings is 1. The van der Waals surface area contributed by atoms with Gasteiger partial charge in [-0.2, -0.15) is 4.31 Å². The minimum atomic E-state index is -3.64. The van der Waals surface area contributed by atoms with Crippen LogP contribution in [0.1, 0.15) is 32.4 Å². The summed E-state index contributed by atoms with van der Waals surface area (Å²) in [5, 5.41) is 5.63. The van der Waals surface area contributed by atoms with Crippen molar-refractivity contribution < 1.29 is 27.2 Å². The van der Waals surface area contributed by atoms with E-state index >= 15 is 0 Å². The molecule has 0 saturated carbocycles. The second-order valence-electron chi connectivity index (χ2n) is 8.38. The number of ether oxygens (including phenoxy) is 1. The molecule has 0 unspecified atom stereocenters. The van der Waals surface area contributed by atoms with E-state index in [0.29, 0.717) is 24.4 Å². The molecule has 0 bridgehead atoms. The van der Waals surface area contributed by atoms with E-state index in [4.69, 9.17) is 9.15 Å². The molecule has 1 atom stereocenters. The highest BCUT2D eigenvalue weighted by Gasteiger charge is 2.34. The zero-order valence-electron chi connectivity index (χ0n) is 19.1. The molecule has 10 heteroatoms. The third-order valence-electron chi connectivity index (χ3n) is 5.79. The number of rotatable bonds is 9. The molecule has 2 N–H and O–H groups in total. The standard InChI is InChI=1S/C23H31N3O6S/c1-16(2)21(23(28)24-15-19-5-4-14-32-19)25-22(27)17-10-12-26(13-11-17)33(29,30)20-8-6-18(31-3)7-9-20/h4-9,14,16-17,21H,10-13,15H2,1-3H3,(H,24,28)(H,25,27)/t21-/m0/s1. The molecule has 2 aromatic rings. The second kappa shape index (κ2) is 10.8. The van der Waals surface area contributed by atoms with Crippen LogP contribution in [0, 0.1) is 11.8 Å². The first-order valence-electron chi connectivity index (χ1n) is 11.0. The van der Waals surface area contributed by atoms with Gasteiger partial charge in [-0.25, -0.2) is 8.42 Å². The normalized spacial score (nSPS) is 16.4. The maximum absolute atomic E-state index is 12.9. The van der Waals surface area contributed by atoms with Gasteiger partial charge in [0.1, 0.15) is 17.6 Å². The lowest BCUT2D eigenvalue weighted by molar-refractivity contribution is -0.132. The van der Waals surface area contributed by atoms with Crippen molar-refractivity contribution >= 4 is 21.8 Å². The van der Waals surface area contributed by atoms with Crippen molar-refractivity contribution in [1.82, 2.24) is 14.9 Å². The number of hydrogen-bond donors (Lipinski definition) is 2. The van der Waals surface area contributed by atoms with E-state index in [-0.39, 0.29) is 48.2 Å². The van der Waals surface area contributed by atoms with Crippen LogP contribution in [0.4, 0.5) is 0 Å². The summed E-state index contributed by atoms with van der Waals surface area (Å²) in [5.41, 5.74) is 0. The lowest BCUT2D eigenvalue weighted by Crippen LogP contribution is -2.52. The van der Waals surface area contributed by atoms with Gasteiger partial charge in [-0.3, -0.25) is 9.59 Å². The molecule has 1 aliphatic heterocycles. The second-order valence-corrected chi connectivity index (χ2v) is 10.3. The maximum atomic E-state index is 12.9. The molecule has 1 fully saturated rings. The Morgan fingerprint density at radius 3 is 2.36 bits per heavy atom. The Hall–Kier alpha value is -2.85. The molecule has 1 aromatic carbocycles. The summed E-state index contributed by atoms with van der Waals surface area (Å²) in [6, 6.07) is 9.06. The fraction of sp³-hybridized carbons (Fsp3) is 0.478. The van der Waals surface area contributed by atoms with Crippen LogP contribution in [0.2, 0.25) is 0 Å². The fourth-order valence-electron chi connectivity index (χ4n) is 3.76. The highest BCUT2D eigenvalue weighted by molar-refractivity contribution is 7.89. The van der Waals surface area contributed by atoms with Gasteiger partial charge in [0.2, 0.25) is 21.8 Å². The molecule has 1 aromatic heterocycles. The van der Waals surface area contributed by atoms with Gasteiger partial charge < -0.3 is 19.8 Å². The van der Waals surface area contributed by atoms with Crippen LogP contribution in [-0.4, -0.2) is 50.8 Å². The topological polar surface area (TPSA) is 118 Å². The molecule has 3 rings (SSSR count). The number of nitrogens with one attached hydrogen (secondary N) is 2. The molecule has 2 heterocycles. The molecule has 0 radical (unpaired) electrons. The third kappa shape index (κ3) is 6.14. The van der Waals surface area contributed by atoms with Crippen LogP contribution in [0.5, 0.6) is 5.75 Å². The molecule has 2 amide bonds. The molecule has 9 nitrogen and oxygen atoms in total. The van der Waals surface area contributed by atoms with E-state index in [1.165, 1.54) is 29.8 Å². The van der Waals surface area contributed by atoms with Gasteiger partial charge in [0.05, 0.1) is 24.8 Å². The number of nitrogens with zero attached hydrogens (tertiary/aromatic N) is 1. The minimum Gasteiger partial charge on any atom is -0.497 e. The van der Waals surface area contributed by atoms with Crippen molar-refractivity contribution in [2.24, 2.45) is 11.8 Å². The number of amides is 2. The first kappa shape index (κ1) is 24.8. The summed E-state index contributed by atoms with van der Waals surface area (Å²) in [5.74, 6) is 0.227. The Balaban J connectivity index is 1.55. The fourth-order valence-corrected chi connectivity index (χ4v) is 5.23. The molecular weight excluding hydrogens is 446 g/mol. The summed E-state index contributed by atoms with van der Waals surface area (Å²) in [7, 11) is -2.12. The van der Waals surface area contributed by atoms with Gasteiger partial charge in [-0.1, -0.05) is 13.8 Å². The first-order chi connectivity index (χ1) is 15.7. The molecule has 33 heavy (non-hydrogen) atoms. The highest BCUT2D eigenvalue weighted by atomic mass is 32.2. The minimum absolute atomic E-state index is 0.110. The molecule has 0 spiro atoms. The van der Waals surface area contributed by atoms with Crippen molar-refractivity contribution in [2.75, 3.05) is 20.2 Å². The van der Waals surface area contributed by atoms with Gasteiger partial charge in [-0.15, -0.1) is 0 Å². The number of methoxy groups -OCH3 is 1. The zero-order valence-corrected chi connectivity index (χ0v) is 19.9.